The van der Waals surface area contributed by atoms with Gasteiger partial charge in [0.05, 0.1) is 0 Å². The molecule has 0 spiro atoms. The fourth-order valence-electron chi connectivity index (χ4n) is 1.57. The van der Waals surface area contributed by atoms with Gasteiger partial charge >= 0.3 is 5.97 Å². The zero-order valence-corrected chi connectivity index (χ0v) is 10.8. The SMILES string of the molecule is Cc1ccc(OCc2nc(CC(=O)O)n[nH]2)cc1C. The molecule has 2 N–H and O–H groups in total. The third-order valence-corrected chi connectivity index (χ3v) is 2.74. The summed E-state index contributed by atoms with van der Waals surface area (Å²) >= 11 is 0. The first-order valence-corrected chi connectivity index (χ1v) is 5.86. The maximum Gasteiger partial charge on any atom is 0.311 e. The first-order chi connectivity index (χ1) is 9.04. The molecule has 6 heteroatoms. The van der Waals surface area contributed by atoms with Gasteiger partial charge in [-0.3, -0.25) is 9.89 Å². The Kier molecular flexibility index (Phi) is 3.79. The summed E-state index contributed by atoms with van der Waals surface area (Å²) in [4.78, 5) is 14.5. The lowest BCUT2D eigenvalue weighted by Gasteiger charge is -2.06. The Balaban J connectivity index is 1.96. The van der Waals surface area contributed by atoms with Crippen molar-refractivity contribution in [2.24, 2.45) is 0 Å². The Labute approximate surface area is 110 Å². The number of hydrogen-bond acceptors (Lipinski definition) is 4. The number of aliphatic carboxylic acids is 1. The standard InChI is InChI=1S/C13H15N3O3/c1-8-3-4-10(5-9(8)2)19-7-12-14-11(15-16-12)6-13(17)18/h3-5H,6-7H2,1-2H3,(H,17,18)(H,14,15,16). The molecule has 0 bridgehead atoms. The van der Waals surface area contributed by atoms with E-state index >= 15 is 0 Å². The van der Waals surface area contributed by atoms with Crippen LogP contribution in [0.5, 0.6) is 5.75 Å². The smallest absolute Gasteiger partial charge is 0.311 e. The van der Waals surface area contributed by atoms with Gasteiger partial charge in [-0.2, -0.15) is 5.10 Å². The van der Waals surface area contributed by atoms with E-state index in [1.165, 1.54) is 5.56 Å². The number of carboxylic acid groups (broad SMARTS) is 1. The van der Waals surface area contributed by atoms with Crippen LogP contribution in [0, 0.1) is 13.8 Å². The van der Waals surface area contributed by atoms with Gasteiger partial charge in [0.25, 0.3) is 0 Å². The van der Waals surface area contributed by atoms with Crippen LogP contribution in [0.3, 0.4) is 0 Å². The van der Waals surface area contributed by atoms with E-state index in [4.69, 9.17) is 9.84 Å². The highest BCUT2D eigenvalue weighted by Crippen LogP contribution is 2.17. The molecule has 100 valence electrons. The lowest BCUT2D eigenvalue weighted by molar-refractivity contribution is -0.136. The van der Waals surface area contributed by atoms with Crippen molar-refractivity contribution in [3.63, 3.8) is 0 Å². The van der Waals surface area contributed by atoms with Crippen molar-refractivity contribution >= 4 is 5.97 Å². The molecule has 0 amide bonds. The molecule has 1 aromatic heterocycles. The van der Waals surface area contributed by atoms with Crippen LogP contribution in [-0.2, 0) is 17.8 Å². The molecule has 1 heterocycles. The van der Waals surface area contributed by atoms with Gasteiger partial charge < -0.3 is 9.84 Å². The average molecular weight is 261 g/mol. The van der Waals surface area contributed by atoms with Crippen LogP contribution >= 0.6 is 0 Å². The van der Waals surface area contributed by atoms with Crippen LogP contribution in [0.1, 0.15) is 22.8 Å². The summed E-state index contributed by atoms with van der Waals surface area (Å²) in [5, 5.41) is 15.1. The van der Waals surface area contributed by atoms with Gasteiger partial charge in [0.1, 0.15) is 18.8 Å². The van der Waals surface area contributed by atoms with Crippen LogP contribution < -0.4 is 4.74 Å². The molecule has 0 atom stereocenters. The second-order valence-electron chi connectivity index (χ2n) is 4.30. The minimum absolute atomic E-state index is 0.194. The molecule has 2 rings (SSSR count). The number of carbonyl (C=O) groups is 1. The molecule has 0 aliphatic rings. The lowest BCUT2D eigenvalue weighted by Crippen LogP contribution is -2.02. The number of nitrogens with one attached hydrogen (secondary N) is 1. The number of aromatic amines is 1. The number of nitrogens with zero attached hydrogens (tertiary/aromatic N) is 2. The summed E-state index contributed by atoms with van der Waals surface area (Å²) in [6.07, 6.45) is -0.194. The summed E-state index contributed by atoms with van der Waals surface area (Å²) in [6, 6.07) is 5.82. The van der Waals surface area contributed by atoms with Crippen molar-refractivity contribution in [1.29, 1.82) is 0 Å². The Morgan fingerprint density at radius 1 is 1.37 bits per heavy atom. The van der Waals surface area contributed by atoms with Crippen LogP contribution in [0.2, 0.25) is 0 Å². The molecular weight excluding hydrogens is 246 g/mol. The van der Waals surface area contributed by atoms with Gasteiger partial charge in [0.15, 0.2) is 11.6 Å². The normalized spacial score (nSPS) is 10.4. The topological polar surface area (TPSA) is 88.1 Å². The molecule has 0 aliphatic carbocycles. The number of ether oxygens (including phenoxy) is 1. The molecule has 0 fully saturated rings. The number of hydrogen-bond donors (Lipinski definition) is 2. The third kappa shape index (κ3) is 3.54. The molecule has 0 saturated heterocycles. The minimum Gasteiger partial charge on any atom is -0.486 e. The van der Waals surface area contributed by atoms with Gasteiger partial charge in [-0.05, 0) is 37.1 Å². The largest absolute Gasteiger partial charge is 0.486 e. The van der Waals surface area contributed by atoms with Crippen molar-refractivity contribution in [3.8, 4) is 5.75 Å². The van der Waals surface area contributed by atoms with E-state index in [-0.39, 0.29) is 18.9 Å². The van der Waals surface area contributed by atoms with Crippen molar-refractivity contribution < 1.29 is 14.6 Å². The molecule has 6 nitrogen and oxygen atoms in total. The highest BCUT2D eigenvalue weighted by Gasteiger charge is 2.08. The minimum atomic E-state index is -0.958. The highest BCUT2D eigenvalue weighted by atomic mass is 16.5. The van der Waals surface area contributed by atoms with Crippen LogP contribution in [0.15, 0.2) is 18.2 Å². The van der Waals surface area contributed by atoms with Crippen molar-refractivity contribution in [2.45, 2.75) is 26.9 Å². The molecule has 1 aromatic carbocycles. The van der Waals surface area contributed by atoms with Crippen molar-refractivity contribution in [2.75, 3.05) is 0 Å². The van der Waals surface area contributed by atoms with Gasteiger partial charge in [0, 0.05) is 0 Å². The monoisotopic (exact) mass is 261 g/mol. The maximum atomic E-state index is 10.5. The predicted octanol–water partition coefficient (Wildman–Crippen LogP) is 1.63. The van der Waals surface area contributed by atoms with Gasteiger partial charge in [-0.25, -0.2) is 4.98 Å². The summed E-state index contributed by atoms with van der Waals surface area (Å²) in [5.74, 6) is 0.556. The van der Waals surface area contributed by atoms with E-state index < -0.39 is 5.97 Å². The second-order valence-corrected chi connectivity index (χ2v) is 4.30. The van der Waals surface area contributed by atoms with E-state index in [1.807, 2.05) is 32.0 Å². The summed E-state index contributed by atoms with van der Waals surface area (Å²) in [7, 11) is 0. The molecular formula is C13H15N3O3. The number of benzene rings is 1. The van der Waals surface area contributed by atoms with E-state index in [1.54, 1.807) is 0 Å². The van der Waals surface area contributed by atoms with E-state index in [2.05, 4.69) is 15.2 Å². The zero-order valence-electron chi connectivity index (χ0n) is 10.8. The quantitative estimate of drug-likeness (QED) is 0.854. The Morgan fingerprint density at radius 2 is 2.16 bits per heavy atom. The van der Waals surface area contributed by atoms with E-state index in [0.29, 0.717) is 5.82 Å². The zero-order chi connectivity index (χ0) is 13.8. The molecule has 0 unspecified atom stereocenters. The number of carboxylic acids is 1. The summed E-state index contributed by atoms with van der Waals surface area (Å²) < 4.78 is 5.57. The van der Waals surface area contributed by atoms with Crippen molar-refractivity contribution in [3.05, 3.63) is 41.0 Å². The molecule has 0 radical (unpaired) electrons. The molecule has 19 heavy (non-hydrogen) atoms. The molecule has 0 saturated carbocycles. The van der Waals surface area contributed by atoms with Gasteiger partial charge in [0.2, 0.25) is 0 Å². The first kappa shape index (κ1) is 13.1. The number of H-pyrrole nitrogens is 1. The summed E-state index contributed by atoms with van der Waals surface area (Å²) in [6.45, 7) is 4.28. The van der Waals surface area contributed by atoms with Crippen LogP contribution in [0.25, 0.3) is 0 Å². The van der Waals surface area contributed by atoms with E-state index in [0.717, 1.165) is 11.3 Å². The number of aryl methyl sites for hydroxylation is 2. The maximum absolute atomic E-state index is 10.5. The third-order valence-electron chi connectivity index (χ3n) is 2.74. The van der Waals surface area contributed by atoms with E-state index in [9.17, 15) is 4.79 Å². The van der Waals surface area contributed by atoms with Crippen LogP contribution in [0.4, 0.5) is 0 Å². The Hall–Kier alpha value is -2.37. The Bertz CT molecular complexity index is 593. The van der Waals surface area contributed by atoms with Crippen LogP contribution in [-0.4, -0.2) is 26.3 Å². The predicted molar refractivity (Wildman–Crippen MR) is 68.0 cm³/mol. The van der Waals surface area contributed by atoms with Crippen molar-refractivity contribution in [1.82, 2.24) is 15.2 Å². The highest BCUT2D eigenvalue weighted by molar-refractivity contribution is 5.68. The molecule has 2 aromatic rings. The number of aromatic nitrogens is 3. The molecule has 0 aliphatic heterocycles. The van der Waals surface area contributed by atoms with Gasteiger partial charge in [-0.1, -0.05) is 6.07 Å². The average Bonchev–Trinajstić information content (AvgIpc) is 2.77. The Morgan fingerprint density at radius 3 is 2.84 bits per heavy atom. The number of rotatable bonds is 5. The lowest BCUT2D eigenvalue weighted by atomic mass is 10.1. The summed E-state index contributed by atoms with van der Waals surface area (Å²) in [5.41, 5.74) is 2.36. The second kappa shape index (κ2) is 5.51. The first-order valence-electron chi connectivity index (χ1n) is 5.86. The fourth-order valence-corrected chi connectivity index (χ4v) is 1.57. The van der Waals surface area contributed by atoms with Gasteiger partial charge in [-0.15, -0.1) is 0 Å². The fraction of sp³-hybridized carbons (Fsp3) is 0.308.